The summed E-state index contributed by atoms with van der Waals surface area (Å²) in [5.74, 6) is 0.677. The van der Waals surface area contributed by atoms with Gasteiger partial charge < -0.3 is 9.30 Å². The quantitative estimate of drug-likeness (QED) is 0.268. The summed E-state index contributed by atoms with van der Waals surface area (Å²) in [4.78, 5) is 12.6. The Hall–Kier alpha value is -3.33. The second-order valence-corrected chi connectivity index (χ2v) is 8.28. The Morgan fingerprint density at radius 2 is 1.19 bits per heavy atom. The van der Waals surface area contributed by atoms with Crippen LogP contribution in [-0.2, 0) is 9.53 Å². The first-order chi connectivity index (χ1) is 14.8. The number of Topliss-reactive ketones (excluding diaryl/α,β-unsaturated/α-hetero) is 1. The Balaban J connectivity index is 2.16. The number of hydrogen-bond acceptors (Lipinski definition) is 2. The first-order valence-electron chi connectivity index (χ1n) is 10.6. The van der Waals surface area contributed by atoms with Gasteiger partial charge in [0, 0.05) is 10.8 Å². The van der Waals surface area contributed by atoms with E-state index in [1.54, 1.807) is 14.0 Å². The normalized spacial score (nSPS) is 12.4. The standard InChI is InChI=1S/C28H29NO2/c1-16-18(3)28(19(4)17(2)26(16)27(20(5)30)21(6)31-7)29-24-14-10-8-12-22(24)23-13-9-11-15-25(23)29/h8-15H,1-7H3/b27-21+. The summed E-state index contributed by atoms with van der Waals surface area (Å²) in [5.41, 5.74) is 9.80. The average molecular weight is 412 g/mol. The van der Waals surface area contributed by atoms with Gasteiger partial charge in [-0.25, -0.2) is 0 Å². The minimum atomic E-state index is 0.0222. The molecule has 0 amide bonds. The lowest BCUT2D eigenvalue weighted by Crippen LogP contribution is -2.11. The predicted molar refractivity (Wildman–Crippen MR) is 130 cm³/mol. The van der Waals surface area contributed by atoms with Crippen LogP contribution in [0.15, 0.2) is 54.3 Å². The highest BCUT2D eigenvalue weighted by Crippen LogP contribution is 2.39. The maximum atomic E-state index is 12.6. The number of rotatable bonds is 4. The summed E-state index contributed by atoms with van der Waals surface area (Å²) < 4.78 is 7.86. The lowest BCUT2D eigenvalue weighted by atomic mass is 9.86. The molecule has 3 heteroatoms. The fraction of sp³-hybridized carbons (Fsp3) is 0.250. The van der Waals surface area contributed by atoms with E-state index in [1.807, 2.05) is 6.92 Å². The first kappa shape index (κ1) is 20.9. The zero-order chi connectivity index (χ0) is 22.4. The van der Waals surface area contributed by atoms with Gasteiger partial charge in [0.1, 0.15) is 5.76 Å². The molecule has 0 fully saturated rings. The van der Waals surface area contributed by atoms with E-state index in [-0.39, 0.29) is 5.78 Å². The molecule has 0 aliphatic heterocycles. The molecule has 1 aromatic heterocycles. The molecule has 31 heavy (non-hydrogen) atoms. The molecule has 0 saturated heterocycles. The van der Waals surface area contributed by atoms with E-state index in [2.05, 4.69) is 80.8 Å². The second kappa shape index (κ2) is 7.73. The van der Waals surface area contributed by atoms with E-state index in [1.165, 1.54) is 38.6 Å². The van der Waals surface area contributed by atoms with Crippen LogP contribution >= 0.6 is 0 Å². The van der Waals surface area contributed by atoms with Gasteiger partial charge in [-0.1, -0.05) is 36.4 Å². The molecule has 3 nitrogen and oxygen atoms in total. The van der Waals surface area contributed by atoms with Crippen molar-refractivity contribution in [2.75, 3.05) is 7.11 Å². The largest absolute Gasteiger partial charge is 0.501 e. The third kappa shape index (κ3) is 3.07. The van der Waals surface area contributed by atoms with Crippen LogP contribution in [0.4, 0.5) is 0 Å². The molecule has 0 unspecified atom stereocenters. The van der Waals surface area contributed by atoms with E-state index >= 15 is 0 Å². The van der Waals surface area contributed by atoms with E-state index in [4.69, 9.17) is 4.74 Å². The van der Waals surface area contributed by atoms with Gasteiger partial charge in [0.2, 0.25) is 0 Å². The fourth-order valence-electron chi connectivity index (χ4n) is 4.87. The third-order valence-electron chi connectivity index (χ3n) is 6.65. The van der Waals surface area contributed by atoms with Crippen molar-refractivity contribution in [1.82, 2.24) is 4.57 Å². The molecular weight excluding hydrogens is 382 g/mol. The van der Waals surface area contributed by atoms with Crippen molar-refractivity contribution < 1.29 is 9.53 Å². The van der Waals surface area contributed by atoms with Gasteiger partial charge in [-0.05, 0) is 81.5 Å². The van der Waals surface area contributed by atoms with Gasteiger partial charge >= 0.3 is 0 Å². The molecule has 0 spiro atoms. The summed E-state index contributed by atoms with van der Waals surface area (Å²) in [7, 11) is 1.62. The smallest absolute Gasteiger partial charge is 0.163 e. The molecule has 0 bridgehead atoms. The fourth-order valence-corrected chi connectivity index (χ4v) is 4.87. The number of para-hydroxylation sites is 2. The molecule has 0 N–H and O–H groups in total. The maximum absolute atomic E-state index is 12.6. The molecule has 1 heterocycles. The van der Waals surface area contributed by atoms with E-state index < -0.39 is 0 Å². The van der Waals surface area contributed by atoms with Crippen molar-refractivity contribution in [2.24, 2.45) is 0 Å². The average Bonchev–Trinajstić information content (AvgIpc) is 3.09. The number of hydrogen-bond donors (Lipinski definition) is 0. The molecule has 4 aromatic rings. The highest BCUT2D eigenvalue weighted by Gasteiger charge is 2.24. The van der Waals surface area contributed by atoms with Crippen LogP contribution in [0, 0.1) is 27.7 Å². The molecular formula is C28H29NO2. The van der Waals surface area contributed by atoms with Crippen molar-refractivity contribution >= 4 is 33.2 Å². The van der Waals surface area contributed by atoms with E-state index in [9.17, 15) is 4.79 Å². The molecule has 158 valence electrons. The second-order valence-electron chi connectivity index (χ2n) is 8.28. The van der Waals surface area contributed by atoms with E-state index in [0.29, 0.717) is 11.3 Å². The molecule has 0 saturated carbocycles. The Morgan fingerprint density at radius 1 is 0.742 bits per heavy atom. The number of aromatic nitrogens is 1. The predicted octanol–water partition coefficient (Wildman–Crippen LogP) is 6.98. The molecule has 4 rings (SSSR count). The van der Waals surface area contributed by atoms with Crippen molar-refractivity contribution in [3.05, 3.63) is 82.1 Å². The van der Waals surface area contributed by atoms with Gasteiger partial charge in [-0.3, -0.25) is 4.79 Å². The molecule has 0 atom stereocenters. The summed E-state index contributed by atoms with van der Waals surface area (Å²) in [6.45, 7) is 12.0. The number of allylic oxidation sites excluding steroid dienone is 2. The number of ketones is 1. The third-order valence-corrected chi connectivity index (χ3v) is 6.65. The Bertz CT molecular complexity index is 1300. The molecule has 0 aliphatic carbocycles. The number of carbonyl (C=O) groups is 1. The van der Waals surface area contributed by atoms with Crippen LogP contribution in [-0.4, -0.2) is 17.5 Å². The lowest BCUT2D eigenvalue weighted by Gasteiger charge is -2.24. The zero-order valence-electron chi connectivity index (χ0n) is 19.4. The first-order valence-corrected chi connectivity index (χ1v) is 10.6. The van der Waals surface area contributed by atoms with Crippen LogP contribution in [0.25, 0.3) is 33.1 Å². The van der Waals surface area contributed by atoms with Crippen LogP contribution in [0.1, 0.15) is 41.7 Å². The molecule has 0 radical (unpaired) electrons. The molecule has 0 aliphatic rings. The van der Waals surface area contributed by atoms with Gasteiger partial charge in [0.05, 0.1) is 29.4 Å². The van der Waals surface area contributed by atoms with Crippen molar-refractivity contribution in [1.29, 1.82) is 0 Å². The maximum Gasteiger partial charge on any atom is 0.163 e. The minimum absolute atomic E-state index is 0.0222. The zero-order valence-corrected chi connectivity index (χ0v) is 19.4. The number of ether oxygens (including phenoxy) is 1. The minimum Gasteiger partial charge on any atom is -0.501 e. The topological polar surface area (TPSA) is 31.2 Å². The monoisotopic (exact) mass is 411 g/mol. The van der Waals surface area contributed by atoms with E-state index in [0.717, 1.165) is 16.7 Å². The lowest BCUT2D eigenvalue weighted by molar-refractivity contribution is -0.111. The number of carbonyl (C=O) groups excluding carboxylic acids is 1. The van der Waals surface area contributed by atoms with Crippen LogP contribution in [0.3, 0.4) is 0 Å². The van der Waals surface area contributed by atoms with Crippen molar-refractivity contribution in [3.8, 4) is 5.69 Å². The summed E-state index contributed by atoms with van der Waals surface area (Å²) >= 11 is 0. The van der Waals surface area contributed by atoms with Crippen LogP contribution in [0.5, 0.6) is 0 Å². The molecule has 3 aromatic carbocycles. The SMILES string of the molecule is CO/C(C)=C(\C(C)=O)c1c(C)c(C)c(-n2c3ccccc3c3ccccc32)c(C)c1C. The van der Waals surface area contributed by atoms with Crippen LogP contribution < -0.4 is 0 Å². The van der Waals surface area contributed by atoms with Gasteiger partial charge in [0.25, 0.3) is 0 Å². The van der Waals surface area contributed by atoms with Gasteiger partial charge in [-0.2, -0.15) is 0 Å². The highest BCUT2D eigenvalue weighted by atomic mass is 16.5. The Labute approximate surface area is 184 Å². The Morgan fingerprint density at radius 3 is 1.61 bits per heavy atom. The summed E-state index contributed by atoms with van der Waals surface area (Å²) in [6.07, 6.45) is 0. The van der Waals surface area contributed by atoms with Crippen molar-refractivity contribution in [2.45, 2.75) is 41.5 Å². The summed E-state index contributed by atoms with van der Waals surface area (Å²) in [6, 6.07) is 17.1. The highest BCUT2D eigenvalue weighted by molar-refractivity contribution is 6.21. The van der Waals surface area contributed by atoms with Gasteiger partial charge in [-0.15, -0.1) is 0 Å². The summed E-state index contributed by atoms with van der Waals surface area (Å²) in [5, 5.41) is 2.49. The Kier molecular flexibility index (Phi) is 5.22. The van der Waals surface area contributed by atoms with Gasteiger partial charge in [0.15, 0.2) is 5.78 Å². The number of benzene rings is 3. The number of fused-ring (bicyclic) bond motifs is 3. The van der Waals surface area contributed by atoms with Crippen LogP contribution in [0.2, 0.25) is 0 Å². The number of methoxy groups -OCH3 is 1. The number of nitrogens with zero attached hydrogens (tertiary/aromatic N) is 1. The van der Waals surface area contributed by atoms with Crippen molar-refractivity contribution in [3.63, 3.8) is 0 Å².